The standard InChI is InChI=1S/C16H21N3O/c1-10(2)16-18-9-15(13(8-17)19-16)20-14-7-5-6-11(3)12(14)4/h5-7,9-10H,8,17H2,1-4H3. The highest BCUT2D eigenvalue weighted by atomic mass is 16.5. The van der Waals surface area contributed by atoms with Crippen molar-refractivity contribution in [1.29, 1.82) is 0 Å². The molecular formula is C16H21N3O. The molecule has 1 aromatic heterocycles. The van der Waals surface area contributed by atoms with Crippen LogP contribution in [0.25, 0.3) is 0 Å². The maximum absolute atomic E-state index is 5.94. The van der Waals surface area contributed by atoms with Crippen LogP contribution in [-0.2, 0) is 6.54 Å². The van der Waals surface area contributed by atoms with Crippen LogP contribution in [0.2, 0.25) is 0 Å². The van der Waals surface area contributed by atoms with E-state index in [9.17, 15) is 0 Å². The molecule has 0 aliphatic heterocycles. The monoisotopic (exact) mass is 271 g/mol. The van der Waals surface area contributed by atoms with Gasteiger partial charge in [0.2, 0.25) is 0 Å². The van der Waals surface area contributed by atoms with E-state index in [2.05, 4.69) is 36.8 Å². The molecule has 20 heavy (non-hydrogen) atoms. The average molecular weight is 271 g/mol. The van der Waals surface area contributed by atoms with Crippen molar-refractivity contribution < 1.29 is 4.74 Å². The average Bonchev–Trinajstić information content (AvgIpc) is 2.44. The lowest BCUT2D eigenvalue weighted by Gasteiger charge is -2.14. The molecule has 0 aliphatic carbocycles. The molecule has 1 aromatic carbocycles. The fourth-order valence-electron chi connectivity index (χ4n) is 1.88. The Balaban J connectivity index is 2.36. The Hall–Kier alpha value is -1.94. The van der Waals surface area contributed by atoms with Crippen molar-refractivity contribution in [2.45, 2.75) is 40.2 Å². The Morgan fingerprint density at radius 3 is 2.60 bits per heavy atom. The number of hydrogen-bond donors (Lipinski definition) is 1. The first kappa shape index (κ1) is 14.5. The molecule has 0 radical (unpaired) electrons. The van der Waals surface area contributed by atoms with E-state index in [0.29, 0.717) is 12.3 Å². The van der Waals surface area contributed by atoms with Crippen LogP contribution in [0.15, 0.2) is 24.4 Å². The molecule has 4 nitrogen and oxygen atoms in total. The van der Waals surface area contributed by atoms with Crippen LogP contribution in [0.1, 0.15) is 42.4 Å². The lowest BCUT2D eigenvalue weighted by molar-refractivity contribution is 0.463. The topological polar surface area (TPSA) is 61.0 Å². The zero-order chi connectivity index (χ0) is 14.7. The molecule has 2 aromatic rings. The molecule has 1 heterocycles. The van der Waals surface area contributed by atoms with Crippen molar-refractivity contribution in [3.05, 3.63) is 47.0 Å². The number of nitrogens with zero attached hydrogens (tertiary/aromatic N) is 2. The molecule has 0 saturated heterocycles. The molecule has 0 fully saturated rings. The number of nitrogens with two attached hydrogens (primary N) is 1. The van der Waals surface area contributed by atoms with Gasteiger partial charge in [-0.2, -0.15) is 0 Å². The summed E-state index contributed by atoms with van der Waals surface area (Å²) in [5.41, 5.74) is 8.82. The second kappa shape index (κ2) is 6.01. The SMILES string of the molecule is Cc1cccc(Oc2cnc(C(C)C)nc2CN)c1C. The van der Waals surface area contributed by atoms with Gasteiger partial charge in [-0.15, -0.1) is 0 Å². The van der Waals surface area contributed by atoms with Crippen LogP contribution < -0.4 is 10.5 Å². The van der Waals surface area contributed by atoms with E-state index in [1.54, 1.807) is 6.20 Å². The molecule has 0 aliphatic rings. The predicted octanol–water partition coefficient (Wildman–Crippen LogP) is 3.47. The Morgan fingerprint density at radius 1 is 1.20 bits per heavy atom. The van der Waals surface area contributed by atoms with Gasteiger partial charge in [0.15, 0.2) is 5.75 Å². The largest absolute Gasteiger partial charge is 0.453 e. The van der Waals surface area contributed by atoms with Crippen LogP contribution in [0.5, 0.6) is 11.5 Å². The van der Waals surface area contributed by atoms with Gasteiger partial charge in [0.05, 0.1) is 6.20 Å². The second-order valence-electron chi connectivity index (χ2n) is 5.20. The van der Waals surface area contributed by atoms with Gasteiger partial charge < -0.3 is 10.5 Å². The van der Waals surface area contributed by atoms with Crippen molar-refractivity contribution in [1.82, 2.24) is 9.97 Å². The quantitative estimate of drug-likeness (QED) is 0.925. The summed E-state index contributed by atoms with van der Waals surface area (Å²) in [7, 11) is 0. The van der Waals surface area contributed by atoms with Crippen LogP contribution in [-0.4, -0.2) is 9.97 Å². The third-order valence-corrected chi connectivity index (χ3v) is 3.33. The third-order valence-electron chi connectivity index (χ3n) is 3.33. The molecule has 0 bridgehead atoms. The molecule has 0 atom stereocenters. The Bertz CT molecular complexity index is 609. The number of benzene rings is 1. The first-order valence-electron chi connectivity index (χ1n) is 6.83. The zero-order valence-electron chi connectivity index (χ0n) is 12.5. The number of ether oxygens (including phenoxy) is 1. The summed E-state index contributed by atoms with van der Waals surface area (Å²) in [5, 5.41) is 0. The maximum Gasteiger partial charge on any atom is 0.168 e. The van der Waals surface area contributed by atoms with E-state index < -0.39 is 0 Å². The smallest absolute Gasteiger partial charge is 0.168 e. The number of aromatic nitrogens is 2. The van der Waals surface area contributed by atoms with Gasteiger partial charge >= 0.3 is 0 Å². The van der Waals surface area contributed by atoms with Crippen molar-refractivity contribution >= 4 is 0 Å². The summed E-state index contributed by atoms with van der Waals surface area (Å²) in [5.74, 6) is 2.51. The first-order valence-corrected chi connectivity index (χ1v) is 6.83. The van der Waals surface area contributed by atoms with Gasteiger partial charge in [-0.3, -0.25) is 0 Å². The summed E-state index contributed by atoms with van der Waals surface area (Å²) in [4.78, 5) is 8.82. The Kier molecular flexibility index (Phi) is 4.35. The van der Waals surface area contributed by atoms with Crippen LogP contribution in [0, 0.1) is 13.8 Å². The lowest BCUT2D eigenvalue weighted by Crippen LogP contribution is -2.08. The zero-order valence-corrected chi connectivity index (χ0v) is 12.5. The van der Waals surface area contributed by atoms with Gasteiger partial charge in [0.25, 0.3) is 0 Å². The van der Waals surface area contributed by atoms with Gasteiger partial charge in [-0.05, 0) is 31.0 Å². The predicted molar refractivity (Wildman–Crippen MR) is 80.0 cm³/mol. The fraction of sp³-hybridized carbons (Fsp3) is 0.375. The van der Waals surface area contributed by atoms with Gasteiger partial charge in [0, 0.05) is 12.5 Å². The number of rotatable bonds is 4. The number of hydrogen-bond acceptors (Lipinski definition) is 4. The molecule has 2 N–H and O–H groups in total. The molecule has 4 heteroatoms. The highest BCUT2D eigenvalue weighted by Gasteiger charge is 2.11. The van der Waals surface area contributed by atoms with E-state index in [1.807, 2.05) is 19.1 Å². The minimum Gasteiger partial charge on any atom is -0.453 e. The maximum atomic E-state index is 5.94. The molecule has 0 amide bonds. The summed E-state index contributed by atoms with van der Waals surface area (Å²) >= 11 is 0. The highest BCUT2D eigenvalue weighted by Crippen LogP contribution is 2.28. The molecule has 0 saturated carbocycles. The summed E-state index contributed by atoms with van der Waals surface area (Å²) in [6, 6.07) is 5.98. The Morgan fingerprint density at radius 2 is 1.95 bits per heavy atom. The second-order valence-corrected chi connectivity index (χ2v) is 5.20. The van der Waals surface area contributed by atoms with Crippen LogP contribution in [0.3, 0.4) is 0 Å². The molecular weight excluding hydrogens is 250 g/mol. The molecule has 0 spiro atoms. The van der Waals surface area contributed by atoms with Crippen molar-refractivity contribution in [3.8, 4) is 11.5 Å². The minimum absolute atomic E-state index is 0.273. The molecule has 2 rings (SSSR count). The summed E-state index contributed by atoms with van der Waals surface area (Å²) in [6.45, 7) is 8.55. The highest BCUT2D eigenvalue weighted by molar-refractivity contribution is 5.41. The van der Waals surface area contributed by atoms with Crippen molar-refractivity contribution in [2.75, 3.05) is 0 Å². The van der Waals surface area contributed by atoms with Crippen molar-refractivity contribution in [3.63, 3.8) is 0 Å². The number of aryl methyl sites for hydroxylation is 1. The van der Waals surface area contributed by atoms with Crippen LogP contribution in [0.4, 0.5) is 0 Å². The van der Waals surface area contributed by atoms with Gasteiger partial charge in [-0.1, -0.05) is 26.0 Å². The van der Waals surface area contributed by atoms with Crippen molar-refractivity contribution in [2.24, 2.45) is 5.73 Å². The molecule has 106 valence electrons. The summed E-state index contributed by atoms with van der Waals surface area (Å²) in [6.07, 6.45) is 1.71. The molecule has 0 unspecified atom stereocenters. The van der Waals surface area contributed by atoms with E-state index in [0.717, 1.165) is 22.8 Å². The first-order chi connectivity index (χ1) is 9.52. The third kappa shape index (κ3) is 2.96. The van der Waals surface area contributed by atoms with E-state index in [4.69, 9.17) is 10.5 Å². The van der Waals surface area contributed by atoms with Gasteiger partial charge in [-0.25, -0.2) is 9.97 Å². The van der Waals surface area contributed by atoms with E-state index >= 15 is 0 Å². The van der Waals surface area contributed by atoms with E-state index in [-0.39, 0.29) is 5.92 Å². The Labute approximate surface area is 120 Å². The van der Waals surface area contributed by atoms with Crippen LogP contribution >= 0.6 is 0 Å². The lowest BCUT2D eigenvalue weighted by atomic mass is 10.1. The normalized spacial score (nSPS) is 10.9. The summed E-state index contributed by atoms with van der Waals surface area (Å²) < 4.78 is 5.94. The minimum atomic E-state index is 0.273. The fourth-order valence-corrected chi connectivity index (χ4v) is 1.88. The van der Waals surface area contributed by atoms with E-state index in [1.165, 1.54) is 5.56 Å². The van der Waals surface area contributed by atoms with Gasteiger partial charge in [0.1, 0.15) is 17.3 Å².